The number of hydrogen-bond acceptors (Lipinski definition) is 0. The second-order valence-corrected chi connectivity index (χ2v) is 6.17. The summed E-state index contributed by atoms with van der Waals surface area (Å²) < 4.78 is 0. The molecule has 1 aromatic rings. The molecule has 1 aromatic carbocycles. The molecule has 3 saturated carbocycles. The third kappa shape index (κ3) is 1.16. The van der Waals surface area contributed by atoms with Crippen LogP contribution in [0, 0.1) is 23.7 Å². The molecule has 0 heteroatoms. The van der Waals surface area contributed by atoms with E-state index in [0.29, 0.717) is 0 Å². The van der Waals surface area contributed by atoms with Crippen LogP contribution in [0.1, 0.15) is 43.6 Å². The molecule has 4 rings (SSSR count). The van der Waals surface area contributed by atoms with E-state index in [4.69, 9.17) is 0 Å². The fourth-order valence-corrected chi connectivity index (χ4v) is 5.16. The quantitative estimate of drug-likeness (QED) is 0.653. The maximum absolute atomic E-state index is 2.36. The molecule has 84 valence electrons. The maximum atomic E-state index is 2.36. The largest absolute Gasteiger partial charge is 0.0622 e. The molecule has 0 heterocycles. The Morgan fingerprint density at radius 3 is 2.50 bits per heavy atom. The molecule has 0 nitrogen and oxygen atoms in total. The molecule has 0 N–H and O–H groups in total. The van der Waals surface area contributed by atoms with Gasteiger partial charge in [-0.3, -0.25) is 0 Å². The van der Waals surface area contributed by atoms with Crippen molar-refractivity contribution in [2.45, 2.75) is 38.0 Å². The predicted octanol–water partition coefficient (Wildman–Crippen LogP) is 4.23. The van der Waals surface area contributed by atoms with E-state index in [2.05, 4.69) is 30.3 Å². The van der Waals surface area contributed by atoms with Crippen LogP contribution in [0.4, 0.5) is 0 Å². The van der Waals surface area contributed by atoms with E-state index < -0.39 is 0 Å². The number of hydrogen-bond donors (Lipinski definition) is 0. The lowest BCUT2D eigenvalue weighted by atomic mass is 9.76. The summed E-state index contributed by atoms with van der Waals surface area (Å²) in [4.78, 5) is 0. The molecule has 0 saturated heterocycles. The molecule has 0 spiro atoms. The van der Waals surface area contributed by atoms with Crippen molar-refractivity contribution < 1.29 is 0 Å². The Balaban J connectivity index is 1.67. The molecule has 0 radical (unpaired) electrons. The zero-order chi connectivity index (χ0) is 10.5. The molecule has 0 aromatic heterocycles. The lowest BCUT2D eigenvalue weighted by Gasteiger charge is -2.29. The Morgan fingerprint density at radius 1 is 0.812 bits per heavy atom. The molecule has 3 aliphatic carbocycles. The Labute approximate surface area is 98.1 Å². The maximum Gasteiger partial charge on any atom is -0.0128 e. The minimum atomic E-state index is 0.904. The molecule has 0 amide bonds. The van der Waals surface area contributed by atoms with Gasteiger partial charge in [-0.25, -0.2) is 0 Å². The predicted molar refractivity (Wildman–Crippen MR) is 66.2 cm³/mol. The van der Waals surface area contributed by atoms with Crippen molar-refractivity contribution in [3.05, 3.63) is 35.9 Å². The van der Waals surface area contributed by atoms with Gasteiger partial charge in [0.05, 0.1) is 0 Å². The fourth-order valence-electron chi connectivity index (χ4n) is 5.16. The average Bonchev–Trinajstić information content (AvgIpc) is 3.03. The van der Waals surface area contributed by atoms with Gasteiger partial charge in [-0.1, -0.05) is 30.3 Å². The van der Waals surface area contributed by atoms with Crippen LogP contribution >= 0.6 is 0 Å². The Hall–Kier alpha value is -0.780. The summed E-state index contributed by atoms with van der Waals surface area (Å²) in [5, 5.41) is 0. The van der Waals surface area contributed by atoms with Gasteiger partial charge in [0, 0.05) is 0 Å². The Bertz CT molecular complexity index is 380. The second kappa shape index (κ2) is 3.35. The summed E-state index contributed by atoms with van der Waals surface area (Å²) in [6, 6.07) is 11.3. The van der Waals surface area contributed by atoms with Crippen LogP contribution in [-0.2, 0) is 0 Å². The van der Waals surface area contributed by atoms with Crippen LogP contribution < -0.4 is 0 Å². The zero-order valence-electron chi connectivity index (χ0n) is 9.81. The highest BCUT2D eigenvalue weighted by molar-refractivity contribution is 5.24. The van der Waals surface area contributed by atoms with Crippen molar-refractivity contribution in [2.75, 3.05) is 0 Å². The lowest BCUT2D eigenvalue weighted by molar-refractivity contribution is 0.243. The first-order chi connectivity index (χ1) is 7.93. The van der Waals surface area contributed by atoms with E-state index in [1.807, 2.05) is 0 Å². The minimum absolute atomic E-state index is 0.904. The van der Waals surface area contributed by atoms with Crippen molar-refractivity contribution in [1.82, 2.24) is 0 Å². The fraction of sp³-hybridized carbons (Fsp3) is 0.625. The van der Waals surface area contributed by atoms with Crippen molar-refractivity contribution in [1.29, 1.82) is 0 Å². The third-order valence-electron chi connectivity index (χ3n) is 5.66. The van der Waals surface area contributed by atoms with Crippen molar-refractivity contribution >= 4 is 0 Å². The monoisotopic (exact) mass is 212 g/mol. The molecule has 3 fully saturated rings. The van der Waals surface area contributed by atoms with E-state index in [9.17, 15) is 0 Å². The van der Waals surface area contributed by atoms with Gasteiger partial charge in [-0.15, -0.1) is 0 Å². The SMILES string of the molecule is c1ccc(C2CCC3C4CCC(C4)C23)cc1. The van der Waals surface area contributed by atoms with E-state index >= 15 is 0 Å². The van der Waals surface area contributed by atoms with Crippen molar-refractivity contribution in [3.8, 4) is 0 Å². The summed E-state index contributed by atoms with van der Waals surface area (Å²) in [5.74, 6) is 5.26. The minimum Gasteiger partial charge on any atom is -0.0622 e. The van der Waals surface area contributed by atoms with E-state index in [1.165, 1.54) is 19.3 Å². The molecule has 5 unspecified atom stereocenters. The zero-order valence-corrected chi connectivity index (χ0v) is 9.81. The molecular formula is C16H20. The van der Waals surface area contributed by atoms with E-state index in [-0.39, 0.29) is 0 Å². The van der Waals surface area contributed by atoms with Crippen molar-refractivity contribution in [2.24, 2.45) is 23.7 Å². The summed E-state index contributed by atoms with van der Waals surface area (Å²) in [7, 11) is 0. The number of rotatable bonds is 1. The first-order valence-electron chi connectivity index (χ1n) is 6.98. The number of fused-ring (bicyclic) bond motifs is 5. The first-order valence-corrected chi connectivity index (χ1v) is 6.98. The second-order valence-electron chi connectivity index (χ2n) is 6.17. The highest BCUT2D eigenvalue weighted by atomic mass is 14.6. The van der Waals surface area contributed by atoms with Crippen molar-refractivity contribution in [3.63, 3.8) is 0 Å². The molecule has 0 aliphatic heterocycles. The third-order valence-corrected chi connectivity index (χ3v) is 5.66. The van der Waals surface area contributed by atoms with E-state index in [1.54, 1.807) is 18.4 Å². The smallest absolute Gasteiger partial charge is 0.0128 e. The van der Waals surface area contributed by atoms with Gasteiger partial charge in [0.1, 0.15) is 0 Å². The van der Waals surface area contributed by atoms with Gasteiger partial charge in [0.2, 0.25) is 0 Å². The van der Waals surface area contributed by atoms with Crippen LogP contribution in [0.2, 0.25) is 0 Å². The molecule has 2 bridgehead atoms. The summed E-state index contributed by atoms with van der Waals surface area (Å²) in [5.41, 5.74) is 1.63. The van der Waals surface area contributed by atoms with Gasteiger partial charge in [0.15, 0.2) is 0 Å². The van der Waals surface area contributed by atoms with Gasteiger partial charge in [-0.05, 0) is 67.3 Å². The topological polar surface area (TPSA) is 0 Å². The van der Waals surface area contributed by atoms with Gasteiger partial charge in [0.25, 0.3) is 0 Å². The first kappa shape index (κ1) is 9.27. The van der Waals surface area contributed by atoms with Crippen LogP contribution in [0.15, 0.2) is 30.3 Å². The summed E-state index contributed by atoms with van der Waals surface area (Å²) >= 11 is 0. The highest BCUT2D eigenvalue weighted by Crippen LogP contribution is 2.62. The van der Waals surface area contributed by atoms with Gasteiger partial charge >= 0.3 is 0 Å². The van der Waals surface area contributed by atoms with Crippen LogP contribution in [0.5, 0.6) is 0 Å². The molecule has 16 heavy (non-hydrogen) atoms. The molecule has 3 aliphatic rings. The number of benzene rings is 1. The standard InChI is InChI=1S/C16H20/c1-2-4-11(5-3-1)14-8-9-15-12-6-7-13(10-12)16(14)15/h1-5,12-16H,6-10H2. The van der Waals surface area contributed by atoms with Crippen LogP contribution in [0.3, 0.4) is 0 Å². The van der Waals surface area contributed by atoms with Crippen LogP contribution in [0.25, 0.3) is 0 Å². The van der Waals surface area contributed by atoms with E-state index in [0.717, 1.165) is 29.6 Å². The average molecular weight is 212 g/mol. The summed E-state index contributed by atoms with van der Waals surface area (Å²) in [6.45, 7) is 0. The summed E-state index contributed by atoms with van der Waals surface area (Å²) in [6.07, 6.45) is 7.64. The van der Waals surface area contributed by atoms with Gasteiger partial charge < -0.3 is 0 Å². The highest BCUT2D eigenvalue weighted by Gasteiger charge is 2.53. The Kier molecular flexibility index (Phi) is 1.94. The normalized spacial score (nSPS) is 44.9. The molecular weight excluding hydrogens is 192 g/mol. The van der Waals surface area contributed by atoms with Crippen LogP contribution in [-0.4, -0.2) is 0 Å². The lowest BCUT2D eigenvalue weighted by Crippen LogP contribution is -2.20. The Morgan fingerprint density at radius 2 is 1.62 bits per heavy atom. The molecule has 5 atom stereocenters. The van der Waals surface area contributed by atoms with Gasteiger partial charge in [-0.2, -0.15) is 0 Å².